The van der Waals surface area contributed by atoms with Crippen molar-refractivity contribution in [3.8, 4) is 11.4 Å². The van der Waals surface area contributed by atoms with Gasteiger partial charge in [-0.3, -0.25) is 4.90 Å². The SMILES string of the molecule is CC1CC(C)CN(Cc2nc(-c3ccc(Cl)cc3)no2)C1. The summed E-state index contributed by atoms with van der Waals surface area (Å²) in [6.45, 7) is 7.53. The zero-order valence-electron chi connectivity index (χ0n) is 12.4. The number of hydrogen-bond acceptors (Lipinski definition) is 4. The first kappa shape index (κ1) is 14.5. The molecule has 1 aromatic heterocycles. The molecule has 3 rings (SSSR count). The average Bonchev–Trinajstić information content (AvgIpc) is 2.87. The van der Waals surface area contributed by atoms with Gasteiger partial charge in [0.25, 0.3) is 0 Å². The van der Waals surface area contributed by atoms with Gasteiger partial charge in [0.1, 0.15) is 0 Å². The van der Waals surface area contributed by atoms with Crippen molar-refractivity contribution in [2.45, 2.75) is 26.8 Å². The molecule has 1 aromatic carbocycles. The summed E-state index contributed by atoms with van der Waals surface area (Å²) in [6.07, 6.45) is 1.30. The van der Waals surface area contributed by atoms with E-state index in [9.17, 15) is 0 Å². The van der Waals surface area contributed by atoms with E-state index >= 15 is 0 Å². The van der Waals surface area contributed by atoms with Crippen LogP contribution in [0.2, 0.25) is 5.02 Å². The number of halogens is 1. The highest BCUT2D eigenvalue weighted by atomic mass is 35.5. The minimum atomic E-state index is 0.625. The number of aromatic nitrogens is 2. The molecule has 21 heavy (non-hydrogen) atoms. The normalized spacial score (nSPS) is 23.4. The quantitative estimate of drug-likeness (QED) is 0.863. The van der Waals surface area contributed by atoms with Crippen molar-refractivity contribution in [1.29, 1.82) is 0 Å². The van der Waals surface area contributed by atoms with Gasteiger partial charge >= 0.3 is 0 Å². The number of benzene rings is 1. The van der Waals surface area contributed by atoms with E-state index in [0.29, 0.717) is 16.7 Å². The molecule has 2 heterocycles. The zero-order chi connectivity index (χ0) is 14.8. The molecule has 112 valence electrons. The Bertz CT molecular complexity index is 586. The summed E-state index contributed by atoms with van der Waals surface area (Å²) in [5.41, 5.74) is 0.926. The maximum atomic E-state index is 5.89. The minimum Gasteiger partial charge on any atom is -0.338 e. The Labute approximate surface area is 130 Å². The van der Waals surface area contributed by atoms with Gasteiger partial charge in [-0.25, -0.2) is 0 Å². The molecule has 0 aliphatic carbocycles. The maximum Gasteiger partial charge on any atom is 0.241 e. The second-order valence-electron chi connectivity index (χ2n) is 6.16. The molecule has 2 unspecified atom stereocenters. The van der Waals surface area contributed by atoms with Crippen molar-refractivity contribution >= 4 is 11.6 Å². The lowest BCUT2D eigenvalue weighted by molar-refractivity contribution is 0.121. The molecule has 0 bridgehead atoms. The first-order valence-corrected chi connectivity index (χ1v) is 7.79. The number of hydrogen-bond donors (Lipinski definition) is 0. The van der Waals surface area contributed by atoms with Gasteiger partial charge in [0, 0.05) is 23.7 Å². The lowest BCUT2D eigenvalue weighted by atomic mass is 9.92. The maximum absolute atomic E-state index is 5.89. The van der Waals surface area contributed by atoms with Crippen LogP contribution < -0.4 is 0 Å². The number of rotatable bonds is 3. The van der Waals surface area contributed by atoms with Gasteiger partial charge in [-0.2, -0.15) is 4.98 Å². The highest BCUT2D eigenvalue weighted by Gasteiger charge is 2.23. The molecule has 0 radical (unpaired) electrons. The van der Waals surface area contributed by atoms with Gasteiger partial charge in [0.15, 0.2) is 0 Å². The van der Waals surface area contributed by atoms with Crippen molar-refractivity contribution in [1.82, 2.24) is 15.0 Å². The largest absolute Gasteiger partial charge is 0.338 e. The minimum absolute atomic E-state index is 0.625. The second kappa shape index (κ2) is 6.16. The lowest BCUT2D eigenvalue weighted by Gasteiger charge is -2.33. The van der Waals surface area contributed by atoms with E-state index in [1.54, 1.807) is 0 Å². The molecule has 0 amide bonds. The Morgan fingerprint density at radius 3 is 2.52 bits per heavy atom. The molecular formula is C16H20ClN3O. The monoisotopic (exact) mass is 305 g/mol. The fourth-order valence-electron chi connectivity index (χ4n) is 3.15. The van der Waals surface area contributed by atoms with Crippen LogP contribution in [0.15, 0.2) is 28.8 Å². The van der Waals surface area contributed by atoms with E-state index in [4.69, 9.17) is 16.1 Å². The smallest absolute Gasteiger partial charge is 0.241 e. The molecule has 2 aromatic rings. The van der Waals surface area contributed by atoms with Gasteiger partial charge in [0.05, 0.1) is 6.54 Å². The Balaban J connectivity index is 1.69. The van der Waals surface area contributed by atoms with Gasteiger partial charge in [-0.15, -0.1) is 0 Å². The van der Waals surface area contributed by atoms with Crippen LogP contribution in [0.25, 0.3) is 11.4 Å². The van der Waals surface area contributed by atoms with Gasteiger partial charge in [-0.05, 0) is 42.5 Å². The van der Waals surface area contributed by atoms with Crippen LogP contribution in [0.4, 0.5) is 0 Å². The summed E-state index contributed by atoms with van der Waals surface area (Å²) in [4.78, 5) is 6.89. The van der Waals surface area contributed by atoms with Crippen LogP contribution in [-0.4, -0.2) is 28.1 Å². The van der Waals surface area contributed by atoms with E-state index < -0.39 is 0 Å². The summed E-state index contributed by atoms with van der Waals surface area (Å²) in [5, 5.41) is 4.77. The predicted octanol–water partition coefficient (Wildman–Crippen LogP) is 3.87. The lowest BCUT2D eigenvalue weighted by Crippen LogP contribution is -2.38. The number of piperidine rings is 1. The Morgan fingerprint density at radius 2 is 1.86 bits per heavy atom. The van der Waals surface area contributed by atoms with Gasteiger partial charge < -0.3 is 4.52 Å². The van der Waals surface area contributed by atoms with E-state index in [0.717, 1.165) is 37.0 Å². The van der Waals surface area contributed by atoms with E-state index in [2.05, 4.69) is 28.9 Å². The Hall–Kier alpha value is -1.39. The fraction of sp³-hybridized carbons (Fsp3) is 0.500. The average molecular weight is 306 g/mol. The van der Waals surface area contributed by atoms with E-state index in [-0.39, 0.29) is 0 Å². The third-order valence-corrected chi connectivity index (χ3v) is 4.13. The number of nitrogens with zero attached hydrogens (tertiary/aromatic N) is 3. The third kappa shape index (κ3) is 3.63. The predicted molar refractivity (Wildman–Crippen MR) is 83.0 cm³/mol. The number of likely N-dealkylation sites (tertiary alicyclic amines) is 1. The highest BCUT2D eigenvalue weighted by Crippen LogP contribution is 2.23. The summed E-state index contributed by atoms with van der Waals surface area (Å²) in [6, 6.07) is 7.48. The van der Waals surface area contributed by atoms with Crippen molar-refractivity contribution in [2.75, 3.05) is 13.1 Å². The molecule has 5 heteroatoms. The standard InChI is InChI=1S/C16H20ClN3O/c1-11-7-12(2)9-20(8-11)10-15-18-16(19-21-15)13-3-5-14(17)6-4-13/h3-6,11-12H,7-10H2,1-2H3. The molecule has 4 nitrogen and oxygen atoms in total. The van der Waals surface area contributed by atoms with Crippen molar-refractivity contribution in [3.05, 3.63) is 35.2 Å². The molecule has 1 aliphatic heterocycles. The van der Waals surface area contributed by atoms with Crippen LogP contribution in [0.3, 0.4) is 0 Å². The van der Waals surface area contributed by atoms with E-state index in [1.165, 1.54) is 6.42 Å². The first-order chi connectivity index (χ1) is 10.1. The molecule has 0 N–H and O–H groups in total. The van der Waals surface area contributed by atoms with Crippen LogP contribution >= 0.6 is 11.6 Å². The summed E-state index contributed by atoms with van der Waals surface area (Å²) in [5.74, 6) is 2.76. The first-order valence-electron chi connectivity index (χ1n) is 7.41. The Morgan fingerprint density at radius 1 is 1.19 bits per heavy atom. The van der Waals surface area contributed by atoms with Gasteiger partial charge in [-0.1, -0.05) is 30.6 Å². The van der Waals surface area contributed by atoms with Crippen LogP contribution in [0.1, 0.15) is 26.2 Å². The zero-order valence-corrected chi connectivity index (χ0v) is 13.2. The summed E-state index contributed by atoms with van der Waals surface area (Å²) in [7, 11) is 0. The molecule has 1 aliphatic rings. The topological polar surface area (TPSA) is 42.2 Å². The van der Waals surface area contributed by atoms with Crippen LogP contribution in [-0.2, 0) is 6.54 Å². The van der Waals surface area contributed by atoms with Crippen LogP contribution in [0, 0.1) is 11.8 Å². The molecular weight excluding hydrogens is 286 g/mol. The molecule has 0 spiro atoms. The highest BCUT2D eigenvalue weighted by molar-refractivity contribution is 6.30. The summed E-state index contributed by atoms with van der Waals surface area (Å²) < 4.78 is 5.39. The molecule has 0 saturated carbocycles. The molecule has 1 saturated heterocycles. The molecule has 1 fully saturated rings. The fourth-order valence-corrected chi connectivity index (χ4v) is 3.27. The van der Waals surface area contributed by atoms with Crippen molar-refractivity contribution in [2.24, 2.45) is 11.8 Å². The van der Waals surface area contributed by atoms with E-state index in [1.807, 2.05) is 24.3 Å². The second-order valence-corrected chi connectivity index (χ2v) is 6.60. The Kier molecular flexibility index (Phi) is 4.27. The van der Waals surface area contributed by atoms with Crippen LogP contribution in [0.5, 0.6) is 0 Å². The van der Waals surface area contributed by atoms with Crippen molar-refractivity contribution < 1.29 is 4.52 Å². The van der Waals surface area contributed by atoms with Crippen molar-refractivity contribution in [3.63, 3.8) is 0 Å². The molecule has 2 atom stereocenters. The summed E-state index contributed by atoms with van der Waals surface area (Å²) >= 11 is 5.89. The van der Waals surface area contributed by atoms with Gasteiger partial charge in [0.2, 0.25) is 11.7 Å². The third-order valence-electron chi connectivity index (χ3n) is 3.87.